The van der Waals surface area contributed by atoms with Gasteiger partial charge in [-0.15, -0.1) is 0 Å². The van der Waals surface area contributed by atoms with Crippen molar-refractivity contribution in [2.24, 2.45) is 0 Å². The summed E-state index contributed by atoms with van der Waals surface area (Å²) >= 11 is 0. The smallest absolute Gasteiger partial charge is 0.410 e. The van der Waals surface area contributed by atoms with Crippen LogP contribution in [0.4, 0.5) is 4.79 Å². The summed E-state index contributed by atoms with van der Waals surface area (Å²) in [5.74, 6) is 0.0897. The molecular formula is C24H29NO5. The van der Waals surface area contributed by atoms with Crippen molar-refractivity contribution in [2.75, 3.05) is 13.1 Å². The van der Waals surface area contributed by atoms with Crippen molar-refractivity contribution < 1.29 is 23.8 Å². The normalized spacial score (nSPS) is 14.8. The number of carbonyl (C=O) groups is 2. The first-order valence-corrected chi connectivity index (χ1v) is 10.3. The van der Waals surface area contributed by atoms with Crippen LogP contribution in [0.5, 0.6) is 5.75 Å². The lowest BCUT2D eigenvalue weighted by atomic mass is 10.1. The standard InChI is InChI=1S/C24H29NO5/c1-24(2,3)30-23(27)25-15-13-19(14-16-25)29-21-12-8-7-11-20(21)22(26)28-17-18-9-5-4-6-10-18/h4-12,19H,13-17H2,1-3H3. The van der Waals surface area contributed by atoms with Crippen LogP contribution in [0, 0.1) is 0 Å². The zero-order valence-corrected chi connectivity index (χ0v) is 17.8. The topological polar surface area (TPSA) is 65.1 Å². The number of hydrogen-bond donors (Lipinski definition) is 0. The van der Waals surface area contributed by atoms with Crippen LogP contribution < -0.4 is 4.74 Å². The van der Waals surface area contributed by atoms with E-state index in [2.05, 4.69) is 0 Å². The van der Waals surface area contributed by atoms with E-state index in [9.17, 15) is 9.59 Å². The number of para-hydroxylation sites is 1. The lowest BCUT2D eigenvalue weighted by Gasteiger charge is -2.33. The van der Waals surface area contributed by atoms with Crippen LogP contribution in [-0.4, -0.2) is 41.8 Å². The molecule has 0 bridgehead atoms. The zero-order valence-electron chi connectivity index (χ0n) is 17.8. The summed E-state index contributed by atoms with van der Waals surface area (Å²) in [6, 6.07) is 16.7. The molecule has 2 aromatic carbocycles. The number of likely N-dealkylation sites (tertiary alicyclic amines) is 1. The number of hydrogen-bond acceptors (Lipinski definition) is 5. The van der Waals surface area contributed by atoms with Crippen LogP contribution in [0.2, 0.25) is 0 Å². The molecule has 0 N–H and O–H groups in total. The van der Waals surface area contributed by atoms with Crippen molar-refractivity contribution >= 4 is 12.1 Å². The molecule has 0 radical (unpaired) electrons. The highest BCUT2D eigenvalue weighted by atomic mass is 16.6. The Bertz CT molecular complexity index is 851. The van der Waals surface area contributed by atoms with E-state index in [0.717, 1.165) is 5.56 Å². The van der Waals surface area contributed by atoms with Gasteiger partial charge in [0.2, 0.25) is 0 Å². The number of esters is 1. The van der Waals surface area contributed by atoms with Crippen LogP contribution in [0.25, 0.3) is 0 Å². The Morgan fingerprint density at radius 3 is 2.27 bits per heavy atom. The second kappa shape index (κ2) is 9.65. The average Bonchev–Trinajstić information content (AvgIpc) is 2.72. The molecule has 3 rings (SSSR count). The molecule has 0 saturated carbocycles. The fraction of sp³-hybridized carbons (Fsp3) is 0.417. The predicted octanol–water partition coefficient (Wildman–Crippen LogP) is 4.82. The molecule has 0 atom stereocenters. The van der Waals surface area contributed by atoms with Gasteiger partial charge in [-0.3, -0.25) is 0 Å². The predicted molar refractivity (Wildman–Crippen MR) is 113 cm³/mol. The van der Waals surface area contributed by atoms with Gasteiger partial charge in [0.1, 0.15) is 29.6 Å². The Kier molecular flexibility index (Phi) is 6.98. The number of ether oxygens (including phenoxy) is 3. The van der Waals surface area contributed by atoms with Gasteiger partial charge in [-0.05, 0) is 38.5 Å². The highest BCUT2D eigenvalue weighted by Gasteiger charge is 2.28. The van der Waals surface area contributed by atoms with Gasteiger partial charge in [-0.25, -0.2) is 9.59 Å². The Morgan fingerprint density at radius 1 is 0.967 bits per heavy atom. The van der Waals surface area contributed by atoms with E-state index < -0.39 is 11.6 Å². The lowest BCUT2D eigenvalue weighted by Crippen LogP contribution is -2.44. The van der Waals surface area contributed by atoms with Gasteiger partial charge in [0.05, 0.1) is 0 Å². The summed E-state index contributed by atoms with van der Waals surface area (Å²) in [4.78, 5) is 26.5. The third kappa shape index (κ3) is 6.24. The SMILES string of the molecule is CC(C)(C)OC(=O)N1CCC(Oc2ccccc2C(=O)OCc2ccccc2)CC1. The number of carbonyl (C=O) groups excluding carboxylic acids is 2. The van der Waals surface area contributed by atoms with E-state index in [4.69, 9.17) is 14.2 Å². The molecule has 0 spiro atoms. The molecule has 1 aliphatic heterocycles. The van der Waals surface area contributed by atoms with Gasteiger partial charge < -0.3 is 19.1 Å². The van der Waals surface area contributed by atoms with Crippen molar-refractivity contribution in [3.63, 3.8) is 0 Å². The molecule has 6 heteroatoms. The van der Waals surface area contributed by atoms with Gasteiger partial charge in [0.25, 0.3) is 0 Å². The molecule has 1 amide bonds. The first-order chi connectivity index (χ1) is 14.3. The molecule has 6 nitrogen and oxygen atoms in total. The molecule has 160 valence electrons. The number of nitrogens with zero attached hydrogens (tertiary/aromatic N) is 1. The van der Waals surface area contributed by atoms with Crippen molar-refractivity contribution in [1.82, 2.24) is 4.90 Å². The molecule has 0 aliphatic carbocycles. The summed E-state index contributed by atoms with van der Waals surface area (Å²) in [7, 11) is 0. The molecule has 1 saturated heterocycles. The molecular weight excluding hydrogens is 382 g/mol. The quantitative estimate of drug-likeness (QED) is 0.660. The van der Waals surface area contributed by atoms with Crippen molar-refractivity contribution in [3.05, 3.63) is 65.7 Å². The molecule has 1 fully saturated rings. The highest BCUT2D eigenvalue weighted by Crippen LogP contribution is 2.25. The van der Waals surface area contributed by atoms with Crippen molar-refractivity contribution in [2.45, 2.75) is 51.9 Å². The van der Waals surface area contributed by atoms with E-state index in [0.29, 0.717) is 37.2 Å². The molecule has 0 unspecified atom stereocenters. The second-order valence-corrected chi connectivity index (χ2v) is 8.34. The molecule has 2 aromatic rings. The van der Waals surface area contributed by atoms with Gasteiger partial charge in [0, 0.05) is 25.9 Å². The summed E-state index contributed by atoms with van der Waals surface area (Å²) in [5, 5.41) is 0. The van der Waals surface area contributed by atoms with Crippen molar-refractivity contribution in [1.29, 1.82) is 0 Å². The van der Waals surface area contributed by atoms with E-state index in [-0.39, 0.29) is 18.8 Å². The fourth-order valence-electron chi connectivity index (χ4n) is 3.20. The third-order valence-corrected chi connectivity index (χ3v) is 4.71. The summed E-state index contributed by atoms with van der Waals surface area (Å²) in [6.45, 7) is 6.89. The monoisotopic (exact) mass is 411 g/mol. The van der Waals surface area contributed by atoms with Gasteiger partial charge >= 0.3 is 12.1 Å². The van der Waals surface area contributed by atoms with E-state index in [1.54, 1.807) is 23.1 Å². The van der Waals surface area contributed by atoms with Gasteiger partial charge in [0.15, 0.2) is 0 Å². The molecule has 0 aromatic heterocycles. The van der Waals surface area contributed by atoms with Crippen LogP contribution in [-0.2, 0) is 16.1 Å². The summed E-state index contributed by atoms with van der Waals surface area (Å²) in [5.41, 5.74) is 0.825. The summed E-state index contributed by atoms with van der Waals surface area (Å²) < 4.78 is 17.0. The minimum atomic E-state index is -0.510. The maximum atomic E-state index is 12.6. The Balaban J connectivity index is 1.55. The largest absolute Gasteiger partial charge is 0.489 e. The number of benzene rings is 2. The number of piperidine rings is 1. The maximum Gasteiger partial charge on any atom is 0.410 e. The van der Waals surface area contributed by atoms with Crippen molar-refractivity contribution in [3.8, 4) is 5.75 Å². The minimum absolute atomic E-state index is 0.0771. The number of rotatable bonds is 5. The third-order valence-electron chi connectivity index (χ3n) is 4.71. The second-order valence-electron chi connectivity index (χ2n) is 8.34. The molecule has 1 heterocycles. The van der Waals surface area contributed by atoms with E-state index in [1.165, 1.54) is 0 Å². The van der Waals surface area contributed by atoms with Crippen LogP contribution in [0.3, 0.4) is 0 Å². The first-order valence-electron chi connectivity index (χ1n) is 10.3. The fourth-order valence-corrected chi connectivity index (χ4v) is 3.20. The highest BCUT2D eigenvalue weighted by molar-refractivity contribution is 5.92. The maximum absolute atomic E-state index is 12.6. The Morgan fingerprint density at radius 2 is 1.60 bits per heavy atom. The Hall–Kier alpha value is -3.02. The van der Waals surface area contributed by atoms with E-state index >= 15 is 0 Å². The van der Waals surface area contributed by atoms with Gasteiger partial charge in [-0.2, -0.15) is 0 Å². The van der Waals surface area contributed by atoms with Gasteiger partial charge in [-0.1, -0.05) is 42.5 Å². The summed E-state index contributed by atoms with van der Waals surface area (Å²) in [6.07, 6.45) is 0.969. The lowest BCUT2D eigenvalue weighted by molar-refractivity contribution is 0.0125. The molecule has 30 heavy (non-hydrogen) atoms. The van der Waals surface area contributed by atoms with Crippen LogP contribution in [0.1, 0.15) is 49.5 Å². The van der Waals surface area contributed by atoms with Crippen LogP contribution >= 0.6 is 0 Å². The average molecular weight is 411 g/mol. The van der Waals surface area contributed by atoms with E-state index in [1.807, 2.05) is 57.2 Å². The van der Waals surface area contributed by atoms with Crippen LogP contribution in [0.15, 0.2) is 54.6 Å². The first kappa shape index (κ1) is 21.7. The minimum Gasteiger partial charge on any atom is -0.489 e. The Labute approximate surface area is 177 Å². The zero-order chi connectivity index (χ0) is 21.6. The molecule has 1 aliphatic rings. The number of amides is 1.